The van der Waals surface area contributed by atoms with Crippen molar-refractivity contribution >= 4 is 11.2 Å². The molecular weight excluding hydrogens is 256 g/mol. The molecule has 0 atom stereocenters. The fourth-order valence-corrected chi connectivity index (χ4v) is 3.52. The minimum atomic E-state index is 1.21. The smallest absolute Gasteiger partial charge is 0.0687 e. The van der Waals surface area contributed by atoms with Crippen LogP contribution in [-0.2, 0) is 6.42 Å². The average molecular weight is 284 g/mol. The Morgan fingerprint density at radius 1 is 1.00 bits per heavy atom. The van der Waals surface area contributed by atoms with Gasteiger partial charge in [-0.2, -0.15) is 0 Å². The summed E-state index contributed by atoms with van der Waals surface area (Å²) >= 11 is 0. The van der Waals surface area contributed by atoms with Crippen LogP contribution in [0.2, 0.25) is 0 Å². The predicted octanol–water partition coefficient (Wildman–Crippen LogP) is 5.05. The summed E-state index contributed by atoms with van der Waals surface area (Å²) in [7, 11) is 0. The molecule has 3 heterocycles. The van der Waals surface area contributed by atoms with Gasteiger partial charge in [-0.15, -0.1) is 0 Å². The van der Waals surface area contributed by atoms with Crippen molar-refractivity contribution in [1.82, 2.24) is 4.40 Å². The normalized spacial score (nSPS) is 15.8. The summed E-state index contributed by atoms with van der Waals surface area (Å²) in [4.78, 5) is 2.59. The lowest BCUT2D eigenvalue weighted by Gasteiger charge is -2.28. The molecule has 2 nitrogen and oxygen atoms in total. The predicted molar refractivity (Wildman–Crippen MR) is 91.3 cm³/mol. The third kappa shape index (κ3) is 3.25. The fraction of sp³-hybridized carbons (Fsp3) is 0.579. The van der Waals surface area contributed by atoms with Crippen LogP contribution in [0.4, 0.5) is 5.69 Å². The van der Waals surface area contributed by atoms with Crippen molar-refractivity contribution < 1.29 is 0 Å². The number of pyridine rings is 1. The first-order chi connectivity index (χ1) is 10.4. The molecule has 2 aromatic heterocycles. The van der Waals surface area contributed by atoms with E-state index in [1.165, 1.54) is 81.4 Å². The number of anilines is 1. The van der Waals surface area contributed by atoms with Crippen molar-refractivity contribution in [1.29, 1.82) is 0 Å². The van der Waals surface area contributed by atoms with Crippen LogP contribution < -0.4 is 4.90 Å². The van der Waals surface area contributed by atoms with Crippen molar-refractivity contribution in [3.05, 3.63) is 36.2 Å². The molecule has 0 amide bonds. The van der Waals surface area contributed by atoms with Gasteiger partial charge in [0.15, 0.2) is 0 Å². The number of hydrogen-bond acceptors (Lipinski definition) is 1. The van der Waals surface area contributed by atoms with Gasteiger partial charge in [0.25, 0.3) is 0 Å². The summed E-state index contributed by atoms with van der Waals surface area (Å²) in [5.41, 5.74) is 4.34. The van der Waals surface area contributed by atoms with Gasteiger partial charge in [-0.1, -0.05) is 32.3 Å². The maximum absolute atomic E-state index is 2.59. The summed E-state index contributed by atoms with van der Waals surface area (Å²) in [5.74, 6) is 0. The Morgan fingerprint density at radius 3 is 2.67 bits per heavy atom. The highest BCUT2D eigenvalue weighted by atomic mass is 15.1. The summed E-state index contributed by atoms with van der Waals surface area (Å²) in [6.07, 6.45) is 12.9. The zero-order valence-electron chi connectivity index (χ0n) is 13.4. The Morgan fingerprint density at radius 2 is 1.86 bits per heavy atom. The van der Waals surface area contributed by atoms with Gasteiger partial charge in [0.2, 0.25) is 0 Å². The largest absolute Gasteiger partial charge is 0.370 e. The SMILES string of the molecule is CCCCCCc1cc(N2CCCCC2)c2ccccn12. The topological polar surface area (TPSA) is 7.65 Å². The molecule has 0 bridgehead atoms. The molecule has 1 fully saturated rings. The summed E-state index contributed by atoms with van der Waals surface area (Å²) in [6, 6.07) is 9.05. The van der Waals surface area contributed by atoms with Gasteiger partial charge in [0, 0.05) is 25.0 Å². The van der Waals surface area contributed by atoms with E-state index in [0.717, 1.165) is 0 Å². The molecule has 0 N–H and O–H groups in total. The second-order valence-electron chi connectivity index (χ2n) is 6.34. The van der Waals surface area contributed by atoms with Crippen molar-refractivity contribution in [2.45, 2.75) is 58.3 Å². The van der Waals surface area contributed by atoms with Crippen molar-refractivity contribution in [2.75, 3.05) is 18.0 Å². The number of piperidine rings is 1. The Hall–Kier alpha value is -1.44. The molecule has 0 aliphatic carbocycles. The number of nitrogens with zero attached hydrogens (tertiary/aromatic N) is 2. The fourth-order valence-electron chi connectivity index (χ4n) is 3.52. The van der Waals surface area contributed by atoms with Gasteiger partial charge in [-0.25, -0.2) is 0 Å². The highest BCUT2D eigenvalue weighted by Gasteiger charge is 2.16. The Balaban J connectivity index is 1.83. The first kappa shape index (κ1) is 14.5. The van der Waals surface area contributed by atoms with Crippen LogP contribution in [0, 0.1) is 0 Å². The van der Waals surface area contributed by atoms with Crippen LogP contribution in [0.15, 0.2) is 30.5 Å². The number of rotatable bonds is 6. The lowest BCUT2D eigenvalue weighted by atomic mass is 10.1. The van der Waals surface area contributed by atoms with Crippen LogP contribution in [0.3, 0.4) is 0 Å². The van der Waals surface area contributed by atoms with E-state index in [9.17, 15) is 0 Å². The van der Waals surface area contributed by atoms with Crippen LogP contribution in [0.25, 0.3) is 5.52 Å². The Bertz CT molecular complexity index is 564. The minimum absolute atomic E-state index is 1.21. The van der Waals surface area contributed by atoms with Crippen LogP contribution >= 0.6 is 0 Å². The number of aromatic nitrogens is 1. The molecule has 0 saturated carbocycles. The summed E-state index contributed by atoms with van der Waals surface area (Å²) in [5, 5.41) is 0. The minimum Gasteiger partial charge on any atom is -0.370 e. The van der Waals surface area contributed by atoms with E-state index in [0.29, 0.717) is 0 Å². The lowest BCUT2D eigenvalue weighted by molar-refractivity contribution is 0.579. The van der Waals surface area contributed by atoms with Crippen molar-refractivity contribution in [2.24, 2.45) is 0 Å². The molecule has 21 heavy (non-hydrogen) atoms. The van der Waals surface area contributed by atoms with Gasteiger partial charge < -0.3 is 9.30 Å². The molecule has 0 aromatic carbocycles. The van der Waals surface area contributed by atoms with E-state index in [1.54, 1.807) is 0 Å². The molecule has 1 aliphatic rings. The maximum Gasteiger partial charge on any atom is 0.0687 e. The lowest BCUT2D eigenvalue weighted by Crippen LogP contribution is -2.29. The molecule has 1 aliphatic heterocycles. The van der Waals surface area contributed by atoms with E-state index in [4.69, 9.17) is 0 Å². The molecular formula is C19H28N2. The first-order valence-corrected chi connectivity index (χ1v) is 8.74. The van der Waals surface area contributed by atoms with Crippen molar-refractivity contribution in [3.63, 3.8) is 0 Å². The zero-order valence-corrected chi connectivity index (χ0v) is 13.4. The van der Waals surface area contributed by atoms with Gasteiger partial charge in [0.05, 0.1) is 11.2 Å². The number of hydrogen-bond donors (Lipinski definition) is 0. The molecule has 0 spiro atoms. The standard InChI is InChI=1S/C19H28N2/c1-2-3-4-6-11-17-16-19(20-13-8-5-9-14-20)18-12-7-10-15-21(17)18/h7,10,12,15-16H,2-6,8-9,11,13-14H2,1H3. The molecule has 0 unspecified atom stereocenters. The van der Waals surface area contributed by atoms with Gasteiger partial charge in [-0.05, 0) is 50.3 Å². The monoisotopic (exact) mass is 284 g/mol. The van der Waals surface area contributed by atoms with Crippen LogP contribution in [0.1, 0.15) is 57.6 Å². The summed E-state index contributed by atoms with van der Waals surface area (Å²) in [6.45, 7) is 4.73. The third-order valence-corrected chi connectivity index (χ3v) is 4.72. The van der Waals surface area contributed by atoms with Crippen LogP contribution in [0.5, 0.6) is 0 Å². The highest BCUT2D eigenvalue weighted by Crippen LogP contribution is 2.29. The Kier molecular flexibility index (Phi) is 4.84. The van der Waals surface area contributed by atoms with E-state index >= 15 is 0 Å². The van der Waals surface area contributed by atoms with E-state index in [-0.39, 0.29) is 0 Å². The van der Waals surface area contributed by atoms with Gasteiger partial charge >= 0.3 is 0 Å². The third-order valence-electron chi connectivity index (χ3n) is 4.72. The molecule has 2 heteroatoms. The first-order valence-electron chi connectivity index (χ1n) is 8.74. The van der Waals surface area contributed by atoms with E-state index in [2.05, 4.69) is 46.7 Å². The molecule has 114 valence electrons. The number of fused-ring (bicyclic) bond motifs is 1. The van der Waals surface area contributed by atoms with Gasteiger partial charge in [0.1, 0.15) is 0 Å². The quantitative estimate of drug-likeness (QED) is 0.673. The van der Waals surface area contributed by atoms with E-state index < -0.39 is 0 Å². The van der Waals surface area contributed by atoms with Crippen LogP contribution in [-0.4, -0.2) is 17.5 Å². The second-order valence-corrected chi connectivity index (χ2v) is 6.34. The number of aryl methyl sites for hydroxylation is 1. The Labute approximate surface area is 128 Å². The molecule has 0 radical (unpaired) electrons. The van der Waals surface area contributed by atoms with Crippen molar-refractivity contribution in [3.8, 4) is 0 Å². The zero-order chi connectivity index (χ0) is 14.5. The van der Waals surface area contributed by atoms with Gasteiger partial charge in [-0.3, -0.25) is 0 Å². The average Bonchev–Trinajstić information content (AvgIpc) is 2.92. The second kappa shape index (κ2) is 7.02. The number of unbranched alkanes of at least 4 members (excludes halogenated alkanes) is 3. The molecule has 1 saturated heterocycles. The highest BCUT2D eigenvalue weighted by molar-refractivity contribution is 5.75. The maximum atomic E-state index is 2.59. The van der Waals surface area contributed by atoms with E-state index in [1.807, 2.05) is 0 Å². The molecule has 3 rings (SSSR count). The summed E-state index contributed by atoms with van der Waals surface area (Å²) < 4.78 is 2.41. The molecule has 2 aromatic rings.